The molecule has 0 unspecified atom stereocenters. The van der Waals surface area contributed by atoms with Crippen molar-refractivity contribution >= 4 is 17.6 Å². The minimum atomic E-state index is -0.889. The molecule has 2 atom stereocenters. The Labute approximate surface area is 124 Å². The van der Waals surface area contributed by atoms with Crippen molar-refractivity contribution in [1.29, 1.82) is 0 Å². The van der Waals surface area contributed by atoms with Gasteiger partial charge in [0, 0.05) is 18.3 Å². The van der Waals surface area contributed by atoms with E-state index in [0.29, 0.717) is 25.1 Å². The van der Waals surface area contributed by atoms with Crippen molar-refractivity contribution in [3.05, 3.63) is 24.3 Å². The summed E-state index contributed by atoms with van der Waals surface area (Å²) < 4.78 is 0. The van der Waals surface area contributed by atoms with Gasteiger partial charge in [-0.2, -0.15) is 0 Å². The number of carbonyl (C=O) groups is 2. The average Bonchev–Trinajstić information content (AvgIpc) is 2.48. The number of carboxylic acid groups (broad SMARTS) is 1. The SMILES string of the molecule is CCN(C(=O)[C@@H]1CCCC[C@@H]1C(=O)O)c1cccc(O)c1. The number of amides is 1. The smallest absolute Gasteiger partial charge is 0.307 e. The third-order valence-corrected chi connectivity index (χ3v) is 4.12. The average molecular weight is 291 g/mol. The fourth-order valence-corrected chi connectivity index (χ4v) is 3.05. The molecule has 0 spiro atoms. The molecule has 5 nitrogen and oxygen atoms in total. The highest BCUT2D eigenvalue weighted by Crippen LogP contribution is 2.33. The Morgan fingerprint density at radius 3 is 2.48 bits per heavy atom. The Balaban J connectivity index is 2.24. The number of carbonyl (C=O) groups excluding carboxylic acids is 1. The predicted octanol–water partition coefficient (Wildman–Crippen LogP) is 2.64. The van der Waals surface area contributed by atoms with Crippen LogP contribution >= 0.6 is 0 Å². The maximum absolute atomic E-state index is 12.7. The zero-order chi connectivity index (χ0) is 15.4. The van der Waals surface area contributed by atoms with Gasteiger partial charge < -0.3 is 15.1 Å². The summed E-state index contributed by atoms with van der Waals surface area (Å²) in [5.41, 5.74) is 0.609. The van der Waals surface area contributed by atoms with Crippen molar-refractivity contribution < 1.29 is 19.8 Å². The zero-order valence-corrected chi connectivity index (χ0v) is 12.2. The molecule has 5 heteroatoms. The van der Waals surface area contributed by atoms with Crippen molar-refractivity contribution in [3.63, 3.8) is 0 Å². The number of nitrogens with zero attached hydrogens (tertiary/aromatic N) is 1. The number of benzene rings is 1. The lowest BCUT2D eigenvalue weighted by Crippen LogP contribution is -2.42. The normalized spacial score (nSPS) is 21.8. The highest BCUT2D eigenvalue weighted by Gasteiger charge is 2.37. The Morgan fingerprint density at radius 2 is 1.90 bits per heavy atom. The maximum Gasteiger partial charge on any atom is 0.307 e. The van der Waals surface area contributed by atoms with E-state index in [1.807, 2.05) is 6.92 Å². The van der Waals surface area contributed by atoms with Crippen LogP contribution in [-0.4, -0.2) is 28.6 Å². The lowest BCUT2D eigenvalue weighted by atomic mass is 9.78. The van der Waals surface area contributed by atoms with Crippen LogP contribution in [0.3, 0.4) is 0 Å². The summed E-state index contributed by atoms with van der Waals surface area (Å²) in [6.07, 6.45) is 2.92. The topological polar surface area (TPSA) is 77.8 Å². The third kappa shape index (κ3) is 3.35. The van der Waals surface area contributed by atoms with E-state index in [1.165, 1.54) is 6.07 Å². The number of rotatable bonds is 4. The predicted molar refractivity (Wildman–Crippen MR) is 79.2 cm³/mol. The Hall–Kier alpha value is -2.04. The summed E-state index contributed by atoms with van der Waals surface area (Å²) in [6.45, 7) is 2.30. The highest BCUT2D eigenvalue weighted by atomic mass is 16.4. The second-order valence-electron chi connectivity index (χ2n) is 5.44. The van der Waals surface area contributed by atoms with Gasteiger partial charge in [0.05, 0.1) is 11.8 Å². The van der Waals surface area contributed by atoms with Crippen molar-refractivity contribution in [2.45, 2.75) is 32.6 Å². The summed E-state index contributed by atoms with van der Waals surface area (Å²) >= 11 is 0. The molecule has 0 radical (unpaired) electrons. The summed E-state index contributed by atoms with van der Waals surface area (Å²) in [5, 5.41) is 18.9. The fraction of sp³-hybridized carbons (Fsp3) is 0.500. The van der Waals surface area contributed by atoms with E-state index in [2.05, 4.69) is 0 Å². The van der Waals surface area contributed by atoms with Crippen LogP contribution < -0.4 is 4.90 Å². The largest absolute Gasteiger partial charge is 0.508 e. The number of aliphatic carboxylic acids is 1. The third-order valence-electron chi connectivity index (χ3n) is 4.12. The second-order valence-corrected chi connectivity index (χ2v) is 5.44. The van der Waals surface area contributed by atoms with E-state index in [1.54, 1.807) is 23.1 Å². The first-order valence-electron chi connectivity index (χ1n) is 7.37. The van der Waals surface area contributed by atoms with Crippen LogP contribution in [0.1, 0.15) is 32.6 Å². The second kappa shape index (κ2) is 6.61. The number of anilines is 1. The molecular weight excluding hydrogens is 270 g/mol. The quantitative estimate of drug-likeness (QED) is 0.894. The van der Waals surface area contributed by atoms with Gasteiger partial charge in [-0.15, -0.1) is 0 Å². The molecular formula is C16H21NO4. The lowest BCUT2D eigenvalue weighted by molar-refractivity contribution is -0.148. The number of aromatic hydroxyl groups is 1. The van der Waals surface area contributed by atoms with Crippen LogP contribution in [0.4, 0.5) is 5.69 Å². The maximum atomic E-state index is 12.7. The first-order chi connectivity index (χ1) is 10.0. The van der Waals surface area contributed by atoms with Crippen LogP contribution in [0.25, 0.3) is 0 Å². The van der Waals surface area contributed by atoms with Gasteiger partial charge in [-0.1, -0.05) is 18.9 Å². The molecule has 1 amide bonds. The molecule has 0 aromatic heterocycles. The van der Waals surface area contributed by atoms with E-state index >= 15 is 0 Å². The number of phenolic OH excluding ortho intramolecular Hbond substituents is 1. The van der Waals surface area contributed by atoms with Crippen LogP contribution in [0.5, 0.6) is 5.75 Å². The van der Waals surface area contributed by atoms with E-state index < -0.39 is 17.8 Å². The van der Waals surface area contributed by atoms with Crippen molar-refractivity contribution in [2.75, 3.05) is 11.4 Å². The minimum Gasteiger partial charge on any atom is -0.508 e. The molecule has 1 aromatic rings. The van der Waals surface area contributed by atoms with Gasteiger partial charge in [-0.05, 0) is 31.9 Å². The van der Waals surface area contributed by atoms with Gasteiger partial charge in [-0.25, -0.2) is 0 Å². The van der Waals surface area contributed by atoms with Crippen molar-refractivity contribution in [1.82, 2.24) is 0 Å². The van der Waals surface area contributed by atoms with Crippen molar-refractivity contribution in [3.8, 4) is 5.75 Å². The molecule has 1 saturated carbocycles. The van der Waals surface area contributed by atoms with Crippen LogP contribution in [0.2, 0.25) is 0 Å². The fourth-order valence-electron chi connectivity index (χ4n) is 3.05. The minimum absolute atomic E-state index is 0.0946. The van der Waals surface area contributed by atoms with Crippen LogP contribution in [0, 0.1) is 11.8 Å². The van der Waals surface area contributed by atoms with Gasteiger partial charge in [0.25, 0.3) is 0 Å². The molecule has 0 saturated heterocycles. The Kier molecular flexibility index (Phi) is 4.83. The lowest BCUT2D eigenvalue weighted by Gasteiger charge is -2.32. The molecule has 1 aromatic carbocycles. The van der Waals surface area contributed by atoms with E-state index in [4.69, 9.17) is 0 Å². The Morgan fingerprint density at radius 1 is 1.24 bits per heavy atom. The summed E-state index contributed by atoms with van der Waals surface area (Å²) in [4.78, 5) is 25.7. The molecule has 21 heavy (non-hydrogen) atoms. The highest BCUT2D eigenvalue weighted by molar-refractivity contribution is 5.97. The number of carboxylic acids is 1. The molecule has 1 aliphatic carbocycles. The van der Waals surface area contributed by atoms with E-state index in [-0.39, 0.29) is 11.7 Å². The standard InChI is InChI=1S/C16H21NO4/c1-2-17(11-6-5-7-12(18)10-11)15(19)13-8-3-4-9-14(13)16(20)21/h5-7,10,13-14,18H,2-4,8-9H2,1H3,(H,20,21)/t13-,14+/m1/s1. The molecule has 1 fully saturated rings. The monoisotopic (exact) mass is 291 g/mol. The zero-order valence-electron chi connectivity index (χ0n) is 12.2. The number of hydrogen-bond donors (Lipinski definition) is 2. The molecule has 0 heterocycles. The molecule has 0 aliphatic heterocycles. The molecule has 114 valence electrons. The summed E-state index contributed by atoms with van der Waals surface area (Å²) in [7, 11) is 0. The molecule has 2 rings (SSSR count). The van der Waals surface area contributed by atoms with Gasteiger partial charge >= 0.3 is 5.97 Å². The molecule has 2 N–H and O–H groups in total. The summed E-state index contributed by atoms with van der Waals surface area (Å²) in [6, 6.07) is 6.50. The molecule has 1 aliphatic rings. The van der Waals surface area contributed by atoms with Gasteiger partial charge in [0.2, 0.25) is 5.91 Å². The van der Waals surface area contributed by atoms with E-state index in [0.717, 1.165) is 12.8 Å². The van der Waals surface area contributed by atoms with E-state index in [9.17, 15) is 19.8 Å². The number of phenols is 1. The summed E-state index contributed by atoms with van der Waals surface area (Å²) in [5.74, 6) is -2.02. The van der Waals surface area contributed by atoms with Crippen LogP contribution in [0.15, 0.2) is 24.3 Å². The first kappa shape index (κ1) is 15.4. The van der Waals surface area contributed by atoms with Crippen molar-refractivity contribution in [2.24, 2.45) is 11.8 Å². The molecule has 0 bridgehead atoms. The Bertz CT molecular complexity index is 529. The van der Waals surface area contributed by atoms with Crippen LogP contribution in [-0.2, 0) is 9.59 Å². The van der Waals surface area contributed by atoms with Gasteiger partial charge in [0.15, 0.2) is 0 Å². The van der Waals surface area contributed by atoms with Gasteiger partial charge in [-0.3, -0.25) is 9.59 Å². The van der Waals surface area contributed by atoms with Gasteiger partial charge in [0.1, 0.15) is 5.75 Å². The first-order valence-corrected chi connectivity index (χ1v) is 7.37. The number of hydrogen-bond acceptors (Lipinski definition) is 3.